The van der Waals surface area contributed by atoms with Gasteiger partial charge in [0.1, 0.15) is 5.75 Å². The third kappa shape index (κ3) is 2.76. The molecule has 108 valence electrons. The van der Waals surface area contributed by atoms with Crippen molar-refractivity contribution in [1.82, 2.24) is 4.90 Å². The van der Waals surface area contributed by atoms with Crippen LogP contribution in [-0.2, 0) is 9.59 Å². The van der Waals surface area contributed by atoms with Gasteiger partial charge in [0.05, 0.1) is 18.1 Å². The lowest BCUT2D eigenvalue weighted by atomic mass is 9.94. The molecule has 1 aliphatic heterocycles. The van der Waals surface area contributed by atoms with Crippen LogP contribution in [0.25, 0.3) is 0 Å². The molecule has 1 amide bonds. The van der Waals surface area contributed by atoms with Gasteiger partial charge in [0, 0.05) is 13.5 Å². The predicted octanol–water partition coefficient (Wildman–Crippen LogP) is 2.08. The Kier molecular flexibility index (Phi) is 3.97. The molecule has 1 aromatic carbocycles. The molecule has 0 aliphatic carbocycles. The third-order valence-electron chi connectivity index (χ3n) is 3.47. The maximum absolute atomic E-state index is 11.8. The Balaban J connectivity index is 2.33. The summed E-state index contributed by atoms with van der Waals surface area (Å²) < 4.78 is 5.62. The molecule has 0 saturated carbocycles. The van der Waals surface area contributed by atoms with Crippen molar-refractivity contribution in [2.75, 3.05) is 7.05 Å². The normalized spacial score (nSPS) is 22.4. The molecule has 1 heterocycles. The number of benzene rings is 1. The maximum atomic E-state index is 11.8. The fourth-order valence-electron chi connectivity index (χ4n) is 2.59. The summed E-state index contributed by atoms with van der Waals surface area (Å²) in [5.41, 5.74) is 0.795. The first-order valence-corrected chi connectivity index (χ1v) is 6.65. The first-order chi connectivity index (χ1) is 9.40. The quantitative estimate of drug-likeness (QED) is 0.915. The zero-order valence-corrected chi connectivity index (χ0v) is 11.9. The minimum absolute atomic E-state index is 0.0449. The van der Waals surface area contributed by atoms with Gasteiger partial charge in [-0.25, -0.2) is 0 Å². The molecule has 20 heavy (non-hydrogen) atoms. The molecule has 1 aliphatic rings. The number of ether oxygens (including phenoxy) is 1. The monoisotopic (exact) mass is 277 g/mol. The van der Waals surface area contributed by atoms with Gasteiger partial charge >= 0.3 is 5.97 Å². The number of carboxylic acid groups (broad SMARTS) is 1. The van der Waals surface area contributed by atoms with Crippen LogP contribution < -0.4 is 4.74 Å². The molecule has 1 aromatic rings. The maximum Gasteiger partial charge on any atom is 0.309 e. The van der Waals surface area contributed by atoms with Crippen molar-refractivity contribution in [3.8, 4) is 5.75 Å². The van der Waals surface area contributed by atoms with E-state index in [1.165, 1.54) is 4.90 Å². The van der Waals surface area contributed by atoms with Crippen molar-refractivity contribution in [3.05, 3.63) is 29.8 Å². The fraction of sp³-hybridized carbons (Fsp3) is 0.467. The Morgan fingerprint density at radius 2 is 2.15 bits per heavy atom. The summed E-state index contributed by atoms with van der Waals surface area (Å²) in [5.74, 6) is -1.10. The summed E-state index contributed by atoms with van der Waals surface area (Å²) >= 11 is 0. The van der Waals surface area contributed by atoms with Gasteiger partial charge in [-0.3, -0.25) is 9.59 Å². The Morgan fingerprint density at radius 1 is 1.45 bits per heavy atom. The number of rotatable bonds is 4. The van der Waals surface area contributed by atoms with E-state index in [1.807, 2.05) is 38.1 Å². The summed E-state index contributed by atoms with van der Waals surface area (Å²) in [7, 11) is 1.64. The lowest BCUT2D eigenvalue weighted by Crippen LogP contribution is -2.26. The minimum Gasteiger partial charge on any atom is -0.491 e. The second-order valence-corrected chi connectivity index (χ2v) is 5.34. The summed E-state index contributed by atoms with van der Waals surface area (Å²) in [5, 5.41) is 9.29. The Bertz CT molecular complexity index is 526. The average Bonchev–Trinajstić information content (AvgIpc) is 2.66. The lowest BCUT2D eigenvalue weighted by Gasteiger charge is -2.24. The van der Waals surface area contributed by atoms with Gasteiger partial charge in [-0.05, 0) is 31.5 Å². The highest BCUT2D eigenvalue weighted by atomic mass is 16.5. The highest BCUT2D eigenvalue weighted by Gasteiger charge is 2.42. The number of hydrogen-bond acceptors (Lipinski definition) is 3. The molecule has 2 rings (SSSR count). The van der Waals surface area contributed by atoms with Gasteiger partial charge in [0.2, 0.25) is 5.91 Å². The number of hydrogen-bond donors (Lipinski definition) is 1. The van der Waals surface area contributed by atoms with Gasteiger partial charge in [-0.2, -0.15) is 0 Å². The standard InChI is InChI=1S/C15H19NO4/c1-9(2)20-11-6-4-5-10(7-11)14-12(15(18)19)8-13(17)16(14)3/h4-7,9,12,14H,8H2,1-3H3,(H,18,19). The summed E-state index contributed by atoms with van der Waals surface area (Å²) in [6, 6.07) is 6.87. The molecule has 2 unspecified atom stereocenters. The highest BCUT2D eigenvalue weighted by Crippen LogP contribution is 2.38. The largest absolute Gasteiger partial charge is 0.491 e. The second-order valence-electron chi connectivity index (χ2n) is 5.34. The van der Waals surface area contributed by atoms with E-state index < -0.39 is 17.9 Å². The molecule has 0 radical (unpaired) electrons. The Labute approximate surface area is 118 Å². The molecular formula is C15H19NO4. The van der Waals surface area contributed by atoms with Gasteiger partial charge in [0.15, 0.2) is 0 Å². The molecule has 1 saturated heterocycles. The number of carboxylic acids is 1. The number of amides is 1. The van der Waals surface area contributed by atoms with Crippen LogP contribution >= 0.6 is 0 Å². The summed E-state index contributed by atoms with van der Waals surface area (Å²) in [6.45, 7) is 3.86. The summed E-state index contributed by atoms with van der Waals surface area (Å²) in [4.78, 5) is 24.6. The van der Waals surface area contributed by atoms with E-state index >= 15 is 0 Å². The highest BCUT2D eigenvalue weighted by molar-refractivity contribution is 5.87. The van der Waals surface area contributed by atoms with Crippen molar-refractivity contribution in [3.63, 3.8) is 0 Å². The van der Waals surface area contributed by atoms with E-state index in [1.54, 1.807) is 7.05 Å². The van der Waals surface area contributed by atoms with Crippen LogP contribution in [0.2, 0.25) is 0 Å². The summed E-state index contributed by atoms with van der Waals surface area (Å²) in [6.07, 6.45) is 0.0923. The van der Waals surface area contributed by atoms with E-state index in [0.717, 1.165) is 5.56 Å². The smallest absolute Gasteiger partial charge is 0.309 e. The van der Waals surface area contributed by atoms with Crippen LogP contribution in [0.1, 0.15) is 31.9 Å². The van der Waals surface area contributed by atoms with E-state index in [2.05, 4.69) is 0 Å². The molecule has 1 fully saturated rings. The first kappa shape index (κ1) is 14.4. The Morgan fingerprint density at radius 3 is 2.75 bits per heavy atom. The van der Waals surface area contributed by atoms with Crippen molar-refractivity contribution in [1.29, 1.82) is 0 Å². The lowest BCUT2D eigenvalue weighted by molar-refractivity contribution is -0.142. The molecule has 0 bridgehead atoms. The second kappa shape index (κ2) is 5.53. The zero-order chi connectivity index (χ0) is 14.9. The molecule has 5 nitrogen and oxygen atoms in total. The molecule has 5 heteroatoms. The van der Waals surface area contributed by atoms with Crippen LogP contribution in [0.15, 0.2) is 24.3 Å². The van der Waals surface area contributed by atoms with Gasteiger partial charge in [-0.15, -0.1) is 0 Å². The first-order valence-electron chi connectivity index (χ1n) is 6.65. The SMILES string of the molecule is CC(C)Oc1cccc(C2C(C(=O)O)CC(=O)N2C)c1. The number of likely N-dealkylation sites (tertiary alicyclic amines) is 1. The zero-order valence-electron chi connectivity index (χ0n) is 11.9. The van der Waals surface area contributed by atoms with Gasteiger partial charge in [0.25, 0.3) is 0 Å². The topological polar surface area (TPSA) is 66.8 Å². The van der Waals surface area contributed by atoms with Crippen LogP contribution in [0, 0.1) is 5.92 Å². The Hall–Kier alpha value is -2.04. The van der Waals surface area contributed by atoms with Crippen LogP contribution in [0.3, 0.4) is 0 Å². The molecule has 2 atom stereocenters. The molecule has 0 spiro atoms. The molecular weight excluding hydrogens is 258 g/mol. The third-order valence-corrected chi connectivity index (χ3v) is 3.47. The fourth-order valence-corrected chi connectivity index (χ4v) is 2.59. The van der Waals surface area contributed by atoms with Crippen molar-refractivity contribution < 1.29 is 19.4 Å². The van der Waals surface area contributed by atoms with Crippen LogP contribution in [0.5, 0.6) is 5.75 Å². The average molecular weight is 277 g/mol. The van der Waals surface area contributed by atoms with Crippen molar-refractivity contribution >= 4 is 11.9 Å². The number of carbonyl (C=O) groups excluding carboxylic acids is 1. The van der Waals surface area contributed by atoms with Crippen molar-refractivity contribution in [2.24, 2.45) is 5.92 Å². The van der Waals surface area contributed by atoms with Crippen LogP contribution in [-0.4, -0.2) is 35.0 Å². The minimum atomic E-state index is -0.942. The molecule has 1 N–H and O–H groups in total. The van der Waals surface area contributed by atoms with Crippen molar-refractivity contribution in [2.45, 2.75) is 32.4 Å². The van der Waals surface area contributed by atoms with E-state index in [0.29, 0.717) is 5.75 Å². The predicted molar refractivity (Wildman–Crippen MR) is 73.5 cm³/mol. The van der Waals surface area contributed by atoms with E-state index in [4.69, 9.17) is 4.74 Å². The number of nitrogens with zero attached hydrogens (tertiary/aromatic N) is 1. The van der Waals surface area contributed by atoms with Gasteiger partial charge < -0.3 is 14.7 Å². The molecule has 0 aromatic heterocycles. The van der Waals surface area contributed by atoms with E-state index in [-0.39, 0.29) is 18.4 Å². The van der Waals surface area contributed by atoms with Gasteiger partial charge in [-0.1, -0.05) is 12.1 Å². The van der Waals surface area contributed by atoms with E-state index in [9.17, 15) is 14.7 Å². The number of carbonyl (C=O) groups is 2. The number of aliphatic carboxylic acids is 1. The van der Waals surface area contributed by atoms with Crippen LogP contribution in [0.4, 0.5) is 0 Å².